The van der Waals surface area contributed by atoms with E-state index in [1.165, 1.54) is 119 Å². The van der Waals surface area contributed by atoms with Crippen LogP contribution in [0.4, 0.5) is 0 Å². The lowest BCUT2D eigenvalue weighted by Gasteiger charge is -2.62. The summed E-state index contributed by atoms with van der Waals surface area (Å²) in [4.78, 5) is 56.9. The van der Waals surface area contributed by atoms with Crippen molar-refractivity contribution >= 4 is 30.5 Å². The van der Waals surface area contributed by atoms with Gasteiger partial charge >= 0.3 is 17.9 Å². The number of carbonyl (C=O) groups excluding carboxylic acids is 5. The van der Waals surface area contributed by atoms with Gasteiger partial charge in [0.25, 0.3) is 0 Å². The topological polar surface area (TPSA) is 249 Å². The lowest BCUT2D eigenvalue weighted by Crippen LogP contribution is -2.61. The second-order valence-corrected chi connectivity index (χ2v) is 42.3. The third-order valence-electron chi connectivity index (χ3n) is 35.8. The summed E-state index contributed by atoms with van der Waals surface area (Å²) < 4.78 is 53.9. The Morgan fingerprint density at radius 3 is 1.08 bits per heavy atom. The van der Waals surface area contributed by atoms with Crippen LogP contribution >= 0.6 is 0 Å². The Balaban J connectivity index is 0.000000126. The summed E-state index contributed by atoms with van der Waals surface area (Å²) in [6, 6.07) is 0. The van der Waals surface area contributed by atoms with Crippen LogP contribution in [-0.4, -0.2) is 146 Å². The summed E-state index contributed by atoms with van der Waals surface area (Å²) in [7, 11) is 0. The van der Waals surface area contributed by atoms with Gasteiger partial charge in [-0.3, -0.25) is 0 Å². The van der Waals surface area contributed by atoms with Crippen molar-refractivity contribution in [1.82, 2.24) is 0 Å². The van der Waals surface area contributed by atoms with Crippen molar-refractivity contribution in [3.63, 3.8) is 0 Å². The Kier molecular flexibility index (Phi) is 27.9. The highest BCUT2D eigenvalue weighted by atomic mass is 16.7. The summed E-state index contributed by atoms with van der Waals surface area (Å²) in [6.07, 6.45) is 49.6. The van der Waals surface area contributed by atoms with Crippen LogP contribution in [-0.2, 0) is 66.6 Å². The summed E-state index contributed by atoms with van der Waals surface area (Å²) >= 11 is 0. The summed E-state index contributed by atoms with van der Waals surface area (Å²) in [5.74, 6) is 4.11. The van der Waals surface area contributed by atoms with Crippen LogP contribution in [0.25, 0.3) is 0 Å². The molecule has 0 aromatic rings. The van der Waals surface area contributed by atoms with E-state index in [-0.39, 0.29) is 106 Å². The van der Waals surface area contributed by atoms with Gasteiger partial charge in [-0.05, 0) is 248 Å². The number of aliphatic hydroxyl groups is 4. The molecule has 12 aliphatic carbocycles. The highest BCUT2D eigenvalue weighted by Crippen LogP contribution is 2.68. The number of aldehydes is 2. The third-order valence-corrected chi connectivity index (χ3v) is 35.8. The fraction of sp³-hybridized carbons (Fsp3) is 0.790. The van der Waals surface area contributed by atoms with Crippen molar-refractivity contribution in [2.24, 2.45) is 114 Å². The van der Waals surface area contributed by atoms with Crippen molar-refractivity contribution in [2.45, 2.75) is 342 Å². The molecule has 17 fully saturated rings. The lowest BCUT2D eigenvalue weighted by atomic mass is 9.46. The fourth-order valence-electron chi connectivity index (χ4n) is 28.7. The summed E-state index contributed by atoms with van der Waals surface area (Å²) in [5.41, 5.74) is 6.47. The number of fused-ring (bicyclic) bond motifs is 10. The summed E-state index contributed by atoms with van der Waals surface area (Å²) in [5, 5.41) is 40.5. The Morgan fingerprint density at radius 1 is 0.415 bits per heavy atom. The average Bonchev–Trinajstić information content (AvgIpc) is 0.866. The Labute approximate surface area is 705 Å². The van der Waals surface area contributed by atoms with Crippen LogP contribution in [0.3, 0.4) is 0 Å². The normalized spacial score (nSPS) is 45.3. The van der Waals surface area contributed by atoms with Crippen LogP contribution in [0, 0.1) is 114 Å². The molecular formula is C100H148O18. The highest BCUT2D eigenvalue weighted by molar-refractivity contribution is 5.94. The zero-order chi connectivity index (χ0) is 83.9. The molecule has 5 saturated heterocycles. The minimum Gasteiger partial charge on any atom is -0.459 e. The van der Waals surface area contributed by atoms with Crippen LogP contribution in [0.5, 0.6) is 0 Å². The first-order valence-electron chi connectivity index (χ1n) is 46.8. The Bertz CT molecular complexity index is 3770. The maximum absolute atomic E-state index is 12.0. The number of hydrogen-bond acceptors (Lipinski definition) is 18. The largest absolute Gasteiger partial charge is 0.459 e. The predicted octanol–water partition coefficient (Wildman–Crippen LogP) is 18.5. The molecule has 6 aliphatic heterocycles. The second kappa shape index (κ2) is 36.8. The molecule has 0 amide bonds. The van der Waals surface area contributed by atoms with Crippen molar-refractivity contribution in [2.75, 3.05) is 39.6 Å². The molecule has 4 N–H and O–H groups in total. The maximum Gasteiger partial charge on any atom is 0.342 e. The predicted molar refractivity (Wildman–Crippen MR) is 452 cm³/mol. The van der Waals surface area contributed by atoms with Crippen molar-refractivity contribution in [3.05, 3.63) is 95.9 Å². The Morgan fingerprint density at radius 2 is 0.754 bits per heavy atom. The molecule has 0 radical (unpaired) electrons. The monoisotopic (exact) mass is 1640 g/mol. The van der Waals surface area contributed by atoms with E-state index in [9.17, 15) is 44.4 Å². The van der Waals surface area contributed by atoms with Gasteiger partial charge in [-0.25, -0.2) is 14.4 Å². The smallest absolute Gasteiger partial charge is 0.342 e. The van der Waals surface area contributed by atoms with Crippen molar-refractivity contribution in [3.8, 4) is 0 Å². The van der Waals surface area contributed by atoms with Gasteiger partial charge < -0.3 is 72.6 Å². The van der Waals surface area contributed by atoms with E-state index in [0.29, 0.717) is 107 Å². The first kappa shape index (κ1) is 89.5. The van der Waals surface area contributed by atoms with Gasteiger partial charge in [-0.1, -0.05) is 174 Å². The first-order valence-corrected chi connectivity index (χ1v) is 46.8. The van der Waals surface area contributed by atoms with Crippen LogP contribution in [0.15, 0.2) is 95.9 Å². The minimum absolute atomic E-state index is 0.00850. The second-order valence-electron chi connectivity index (χ2n) is 42.3. The molecule has 18 rings (SSSR count). The molecule has 18 aliphatic rings. The van der Waals surface area contributed by atoms with E-state index in [1.54, 1.807) is 6.08 Å². The number of hydrogen-bond donors (Lipinski definition) is 4. The minimum atomic E-state index is -0.844. The van der Waals surface area contributed by atoms with E-state index in [1.807, 2.05) is 19.1 Å². The first-order chi connectivity index (χ1) is 56.4. The SMILES string of the molecule is C=C1CCC2[C@](C)(CO)[C@H](O)CC[C@@]2(C)[C@@H]1C/C=C1/C(=O)OC[C@H]1O.C=C1CCC2[C@]3(C)CO[C@@H](C4CCCC4)O[C@@H]3CC[C@@]2(C)[C@@H]1C/C=C1/C(=O)OC[C@H]1O.C=C1CCC2[C@]3(C)CO[C@@H](C4CCCC4)O[C@@H]3CC[C@@]2(C)[C@@H]1C/C=C1\C=COC1=O.C=C1CCC2[C@]3(C)CO[C@@H](C4CCCC4)O[C@@H]3CC[C@@]2(C)[C@@H]1CC=O.O=CC1CCCC1. The number of carbonyl (C=O) groups is 5. The van der Waals surface area contributed by atoms with Gasteiger partial charge in [0.2, 0.25) is 0 Å². The zero-order valence-electron chi connectivity index (χ0n) is 73.2. The zero-order valence-corrected chi connectivity index (χ0v) is 73.2. The molecule has 0 bridgehead atoms. The van der Waals surface area contributed by atoms with Crippen LogP contribution in [0.1, 0.15) is 287 Å². The standard InChI is InChI=1S/C26H38O5.C26H36O4.C22H34O3.C20H30O5.C6H10O/c1-16-8-11-21-25(2,19(16)10-9-18-20(27)14-29-23(18)28)13-12-22-26(21,3)15-30-24(31-22)17-6-4-5-7-17;1-17-8-11-21-25(2,20(17)10-9-18-13-15-28-23(18)27)14-12-22-26(21,3)16-29-24(30-22)19-6-4-5-7-19;1-15-8-9-18-21(2,17(15)11-13-23)12-10-19-22(18,3)14-24-20(25-19)16-6-4-5-7-16;1-12-4-7-16-19(2,9-8-17(23)20(16,3)11-21)14(12)6-5-13-15(22)10-25-18(13)24;7-5-6-3-1-2-4-6/h9,17,19-22,24,27H,1,4-8,10-15H2,2-3H3;9,13,15,19-22,24H,1,4-8,10-12,14,16H2,2-3H3;13,16-20H,1,4-12,14H2,2-3H3;5,14-17,21-23H,1,4,6-11H2,2-3H3;5-6H,1-4H2/b2*18-9+;;13-5+;/t19-,20-,21?,22-,24-,25+,26+;20-,21?,22-,24-,25+,26+;17-,18?,19-,20-,21+,22+;14-,15-,16?,17-,19+,20+;/m1111./s1. The molecule has 4 unspecified atom stereocenters. The molecule has 0 aromatic carbocycles. The molecule has 18 nitrogen and oxygen atoms in total. The van der Waals surface area contributed by atoms with E-state index in [2.05, 4.69) is 80.9 Å². The molecule has 18 heteroatoms. The average molecular weight is 1640 g/mol. The quantitative estimate of drug-likeness (QED) is 0.0440. The lowest BCUT2D eigenvalue weighted by molar-refractivity contribution is -0.316. The number of aliphatic hydroxyl groups excluding tert-OH is 4. The molecule has 6 heterocycles. The van der Waals surface area contributed by atoms with E-state index < -0.39 is 29.7 Å². The number of ether oxygens (including phenoxy) is 9. The van der Waals surface area contributed by atoms with Gasteiger partial charge in [-0.15, -0.1) is 0 Å². The number of allylic oxidation sites excluding steroid dienone is 7. The van der Waals surface area contributed by atoms with E-state index >= 15 is 0 Å². The van der Waals surface area contributed by atoms with Gasteiger partial charge in [-0.2, -0.15) is 0 Å². The Hall–Kier alpha value is -4.73. The summed E-state index contributed by atoms with van der Waals surface area (Å²) in [6.45, 7) is 38.7. The van der Waals surface area contributed by atoms with Crippen LogP contribution in [0.2, 0.25) is 0 Å². The molecule has 12 saturated carbocycles. The van der Waals surface area contributed by atoms with Gasteiger partial charge in [0.05, 0.1) is 73.8 Å². The highest BCUT2D eigenvalue weighted by Gasteiger charge is 2.65. The number of rotatable bonds is 13. The molecule has 0 aromatic heterocycles. The number of cyclic esters (lactones) is 3. The van der Waals surface area contributed by atoms with Crippen molar-refractivity contribution in [1.29, 1.82) is 0 Å². The molecule has 118 heavy (non-hydrogen) atoms. The van der Waals surface area contributed by atoms with Crippen molar-refractivity contribution < 1.29 is 87.0 Å². The van der Waals surface area contributed by atoms with E-state index in [4.69, 9.17) is 42.6 Å². The van der Waals surface area contributed by atoms with Crippen LogP contribution < -0.4 is 0 Å². The van der Waals surface area contributed by atoms with Gasteiger partial charge in [0.15, 0.2) is 18.9 Å². The molecule has 25 atom stereocenters. The third kappa shape index (κ3) is 17.2. The number of esters is 3. The fourth-order valence-corrected chi connectivity index (χ4v) is 28.7. The van der Waals surface area contributed by atoms with Gasteiger partial charge in [0.1, 0.15) is 38.0 Å². The van der Waals surface area contributed by atoms with E-state index in [0.717, 1.165) is 154 Å². The van der Waals surface area contributed by atoms with Gasteiger partial charge in [0, 0.05) is 51.8 Å². The maximum atomic E-state index is 12.0. The molecular weight excluding hydrogens is 1490 g/mol. The molecule has 0 spiro atoms. The molecule has 656 valence electrons.